The van der Waals surface area contributed by atoms with Gasteiger partial charge in [-0.3, -0.25) is 4.79 Å². The van der Waals surface area contributed by atoms with E-state index in [1.165, 1.54) is 0 Å². The standard InChI is InChI=1S/C17H24N2O3/c1-3-8-22-15-9-11(4-7-14(15)21-2)17-13(18)10-16(20)19(17)12-5-6-12/h4,7,9,12-13,17H,3,5-6,8,10,18H2,1-2H3. The number of hydrogen-bond acceptors (Lipinski definition) is 4. The van der Waals surface area contributed by atoms with E-state index >= 15 is 0 Å². The topological polar surface area (TPSA) is 64.8 Å². The van der Waals surface area contributed by atoms with Crippen LogP contribution in [0.1, 0.15) is 44.2 Å². The van der Waals surface area contributed by atoms with Crippen molar-refractivity contribution in [3.8, 4) is 11.5 Å². The van der Waals surface area contributed by atoms with Crippen LogP contribution < -0.4 is 15.2 Å². The zero-order valence-electron chi connectivity index (χ0n) is 13.2. The third-order valence-electron chi connectivity index (χ3n) is 4.33. The molecule has 2 aliphatic rings. The third kappa shape index (κ3) is 2.77. The molecule has 120 valence electrons. The first-order valence-electron chi connectivity index (χ1n) is 8.03. The van der Waals surface area contributed by atoms with Crippen LogP contribution in [0.3, 0.4) is 0 Å². The number of ether oxygens (including phenoxy) is 2. The molecule has 1 amide bonds. The van der Waals surface area contributed by atoms with E-state index in [1.807, 2.05) is 23.1 Å². The van der Waals surface area contributed by atoms with Gasteiger partial charge in [-0.1, -0.05) is 13.0 Å². The number of benzene rings is 1. The van der Waals surface area contributed by atoms with Crippen molar-refractivity contribution in [2.75, 3.05) is 13.7 Å². The van der Waals surface area contributed by atoms with Gasteiger partial charge in [-0.15, -0.1) is 0 Å². The number of carbonyl (C=O) groups excluding carboxylic acids is 1. The highest BCUT2D eigenvalue weighted by molar-refractivity contribution is 5.81. The quantitative estimate of drug-likeness (QED) is 0.875. The predicted octanol–water partition coefficient (Wildman–Crippen LogP) is 2.25. The summed E-state index contributed by atoms with van der Waals surface area (Å²) in [7, 11) is 1.63. The van der Waals surface area contributed by atoms with Crippen molar-refractivity contribution >= 4 is 5.91 Å². The van der Waals surface area contributed by atoms with E-state index in [1.54, 1.807) is 7.11 Å². The van der Waals surface area contributed by atoms with Crippen molar-refractivity contribution in [2.45, 2.75) is 50.7 Å². The number of hydrogen-bond donors (Lipinski definition) is 1. The average Bonchev–Trinajstić information content (AvgIpc) is 3.30. The van der Waals surface area contributed by atoms with E-state index in [2.05, 4.69) is 6.92 Å². The Labute approximate surface area is 131 Å². The fraction of sp³-hybridized carbons (Fsp3) is 0.588. The SMILES string of the molecule is CCCOc1cc(C2C(N)CC(=O)N2C2CC2)ccc1OC. The zero-order valence-corrected chi connectivity index (χ0v) is 13.2. The van der Waals surface area contributed by atoms with Gasteiger partial charge in [0.05, 0.1) is 19.8 Å². The Morgan fingerprint density at radius 1 is 1.32 bits per heavy atom. The molecule has 1 saturated heterocycles. The molecule has 1 aromatic rings. The zero-order chi connectivity index (χ0) is 15.7. The van der Waals surface area contributed by atoms with Crippen LogP contribution >= 0.6 is 0 Å². The van der Waals surface area contributed by atoms with Gasteiger partial charge in [0.25, 0.3) is 0 Å². The second kappa shape index (κ2) is 6.16. The summed E-state index contributed by atoms with van der Waals surface area (Å²) in [5.41, 5.74) is 7.28. The first-order valence-corrected chi connectivity index (χ1v) is 8.03. The first kappa shape index (κ1) is 15.2. The molecule has 1 heterocycles. The fourth-order valence-electron chi connectivity index (χ4n) is 3.17. The summed E-state index contributed by atoms with van der Waals surface area (Å²) in [5, 5.41) is 0. The molecule has 3 rings (SSSR count). The monoisotopic (exact) mass is 304 g/mol. The molecule has 5 heteroatoms. The normalized spacial score (nSPS) is 24.7. The Morgan fingerprint density at radius 2 is 2.09 bits per heavy atom. The summed E-state index contributed by atoms with van der Waals surface area (Å²) in [5.74, 6) is 1.61. The van der Waals surface area contributed by atoms with Gasteiger partial charge in [-0.25, -0.2) is 0 Å². The summed E-state index contributed by atoms with van der Waals surface area (Å²) in [6, 6.07) is 6.05. The number of rotatable bonds is 6. The number of likely N-dealkylation sites (tertiary alicyclic amines) is 1. The lowest BCUT2D eigenvalue weighted by atomic mass is 10.00. The highest BCUT2D eigenvalue weighted by Crippen LogP contribution is 2.42. The average molecular weight is 304 g/mol. The maximum Gasteiger partial charge on any atom is 0.225 e. The van der Waals surface area contributed by atoms with Gasteiger partial charge in [0, 0.05) is 18.5 Å². The number of nitrogens with two attached hydrogens (primary N) is 1. The number of amides is 1. The van der Waals surface area contributed by atoms with Crippen LogP contribution in [0.2, 0.25) is 0 Å². The van der Waals surface area contributed by atoms with Crippen LogP contribution in [-0.4, -0.2) is 36.6 Å². The van der Waals surface area contributed by atoms with Crippen molar-refractivity contribution < 1.29 is 14.3 Å². The Balaban J connectivity index is 1.90. The molecule has 0 spiro atoms. The van der Waals surface area contributed by atoms with Gasteiger partial charge in [0.2, 0.25) is 5.91 Å². The van der Waals surface area contributed by atoms with Crippen LogP contribution in [0, 0.1) is 0 Å². The molecule has 2 unspecified atom stereocenters. The Hall–Kier alpha value is -1.75. The molecule has 2 fully saturated rings. The summed E-state index contributed by atoms with van der Waals surface area (Å²) in [6.45, 7) is 2.71. The maximum atomic E-state index is 12.2. The summed E-state index contributed by atoms with van der Waals surface area (Å²) >= 11 is 0. The number of methoxy groups -OCH3 is 1. The lowest BCUT2D eigenvalue weighted by molar-refractivity contribution is -0.129. The Kier molecular flexibility index (Phi) is 4.25. The van der Waals surface area contributed by atoms with Crippen molar-refractivity contribution in [3.05, 3.63) is 23.8 Å². The van der Waals surface area contributed by atoms with Crippen molar-refractivity contribution in [1.29, 1.82) is 0 Å². The van der Waals surface area contributed by atoms with E-state index in [-0.39, 0.29) is 18.0 Å². The minimum Gasteiger partial charge on any atom is -0.493 e. The molecule has 0 bridgehead atoms. The van der Waals surface area contributed by atoms with Crippen molar-refractivity contribution in [2.24, 2.45) is 5.73 Å². The van der Waals surface area contributed by atoms with Gasteiger partial charge in [-0.2, -0.15) is 0 Å². The fourth-order valence-corrected chi connectivity index (χ4v) is 3.17. The third-order valence-corrected chi connectivity index (χ3v) is 4.33. The second-order valence-electron chi connectivity index (χ2n) is 6.10. The van der Waals surface area contributed by atoms with Gasteiger partial charge in [0.1, 0.15) is 0 Å². The minimum atomic E-state index is -0.152. The van der Waals surface area contributed by atoms with Crippen LogP contribution in [-0.2, 0) is 4.79 Å². The summed E-state index contributed by atoms with van der Waals surface area (Å²) in [4.78, 5) is 14.2. The van der Waals surface area contributed by atoms with Crippen molar-refractivity contribution in [3.63, 3.8) is 0 Å². The molecular weight excluding hydrogens is 280 g/mol. The molecule has 2 N–H and O–H groups in total. The molecule has 1 aliphatic heterocycles. The molecule has 1 aromatic carbocycles. The largest absolute Gasteiger partial charge is 0.493 e. The first-order chi connectivity index (χ1) is 10.7. The maximum absolute atomic E-state index is 12.2. The second-order valence-corrected chi connectivity index (χ2v) is 6.10. The van der Waals surface area contributed by atoms with Gasteiger partial charge in [-0.05, 0) is 37.0 Å². The molecule has 5 nitrogen and oxygen atoms in total. The predicted molar refractivity (Wildman–Crippen MR) is 84.0 cm³/mol. The Bertz CT molecular complexity index is 557. The molecule has 0 aromatic heterocycles. The van der Waals surface area contributed by atoms with Crippen LogP contribution in [0.5, 0.6) is 11.5 Å². The lowest BCUT2D eigenvalue weighted by Crippen LogP contribution is -2.34. The molecular formula is C17H24N2O3. The minimum absolute atomic E-state index is 0.0464. The van der Waals surface area contributed by atoms with E-state index in [9.17, 15) is 4.79 Å². The van der Waals surface area contributed by atoms with Crippen LogP contribution in [0.15, 0.2) is 18.2 Å². The Morgan fingerprint density at radius 3 is 2.73 bits per heavy atom. The van der Waals surface area contributed by atoms with Gasteiger partial charge in [0.15, 0.2) is 11.5 Å². The highest BCUT2D eigenvalue weighted by atomic mass is 16.5. The van der Waals surface area contributed by atoms with Gasteiger partial charge >= 0.3 is 0 Å². The molecule has 22 heavy (non-hydrogen) atoms. The van der Waals surface area contributed by atoms with E-state index < -0.39 is 0 Å². The van der Waals surface area contributed by atoms with E-state index in [0.717, 1.165) is 30.6 Å². The number of nitrogens with zero attached hydrogens (tertiary/aromatic N) is 1. The molecule has 0 radical (unpaired) electrons. The molecule has 1 saturated carbocycles. The molecule has 2 atom stereocenters. The van der Waals surface area contributed by atoms with E-state index in [0.29, 0.717) is 24.8 Å². The van der Waals surface area contributed by atoms with Crippen LogP contribution in [0.25, 0.3) is 0 Å². The number of carbonyl (C=O) groups is 1. The smallest absolute Gasteiger partial charge is 0.225 e. The molecule has 1 aliphatic carbocycles. The summed E-state index contributed by atoms with van der Waals surface area (Å²) in [6.07, 6.45) is 3.54. The van der Waals surface area contributed by atoms with Crippen molar-refractivity contribution in [1.82, 2.24) is 4.90 Å². The van der Waals surface area contributed by atoms with E-state index in [4.69, 9.17) is 15.2 Å². The van der Waals surface area contributed by atoms with Crippen LogP contribution in [0.4, 0.5) is 0 Å². The highest BCUT2D eigenvalue weighted by Gasteiger charge is 2.46. The summed E-state index contributed by atoms with van der Waals surface area (Å²) < 4.78 is 11.1. The van der Waals surface area contributed by atoms with Gasteiger partial charge < -0.3 is 20.1 Å². The lowest BCUT2D eigenvalue weighted by Gasteiger charge is -2.28.